The lowest BCUT2D eigenvalue weighted by Crippen LogP contribution is -2.28. The molecular formula is C7H6N3O2. The predicted molar refractivity (Wildman–Crippen MR) is 41.5 cm³/mol. The van der Waals surface area contributed by atoms with E-state index in [1.54, 1.807) is 6.08 Å². The number of nitrogens with zero attached hydrogens (tertiary/aromatic N) is 3. The summed E-state index contributed by atoms with van der Waals surface area (Å²) in [7, 11) is 0. The second-order valence-electron chi connectivity index (χ2n) is 2.43. The Morgan fingerprint density at radius 1 is 1.67 bits per heavy atom. The van der Waals surface area contributed by atoms with Crippen molar-refractivity contribution in [2.75, 3.05) is 6.54 Å². The molecular weight excluding hydrogens is 158 g/mol. The molecule has 2 aliphatic rings. The van der Waals surface area contributed by atoms with E-state index in [0.717, 1.165) is 10.6 Å². The van der Waals surface area contributed by atoms with Gasteiger partial charge in [0, 0.05) is 6.20 Å². The average Bonchev–Trinajstić information content (AvgIpc) is 2.49. The molecule has 1 radical (unpaired) electrons. The number of allylic oxidation sites excluding steroid dienone is 1. The molecule has 0 spiro atoms. The van der Waals surface area contributed by atoms with Crippen LogP contribution >= 0.6 is 0 Å². The first-order valence-corrected chi connectivity index (χ1v) is 3.41. The predicted octanol–water partition coefficient (Wildman–Crippen LogP) is 0.352. The standard InChI is InChI=1S/C7H6N3O2/c11-7(12)10-2-1-5-6(3-10)9-4-8-5/h1-2,4H,3H2,(H,11,12). The molecule has 61 valence electrons. The van der Waals surface area contributed by atoms with Crippen molar-refractivity contribution in [2.45, 2.75) is 0 Å². The van der Waals surface area contributed by atoms with Crippen LogP contribution in [0.4, 0.5) is 4.79 Å². The van der Waals surface area contributed by atoms with Crippen molar-refractivity contribution in [3.63, 3.8) is 0 Å². The van der Waals surface area contributed by atoms with Crippen LogP contribution < -0.4 is 5.32 Å². The summed E-state index contributed by atoms with van der Waals surface area (Å²) in [6.45, 7) is 0.293. The maximum absolute atomic E-state index is 10.5. The third kappa shape index (κ3) is 0.952. The van der Waals surface area contributed by atoms with Crippen molar-refractivity contribution in [3.8, 4) is 0 Å². The van der Waals surface area contributed by atoms with Gasteiger partial charge in [-0.3, -0.25) is 4.90 Å². The number of amides is 1. The lowest BCUT2D eigenvalue weighted by atomic mass is 10.2. The second kappa shape index (κ2) is 2.37. The zero-order valence-corrected chi connectivity index (χ0v) is 6.14. The fourth-order valence-electron chi connectivity index (χ4n) is 1.07. The quantitative estimate of drug-likeness (QED) is 0.561. The van der Waals surface area contributed by atoms with E-state index in [1.807, 2.05) is 0 Å². The van der Waals surface area contributed by atoms with Crippen LogP contribution in [0.1, 0.15) is 0 Å². The highest BCUT2D eigenvalue weighted by Gasteiger charge is 2.20. The molecule has 5 heteroatoms. The largest absolute Gasteiger partial charge is 0.465 e. The monoisotopic (exact) mass is 164 g/mol. The van der Waals surface area contributed by atoms with Crippen molar-refractivity contribution < 1.29 is 9.90 Å². The van der Waals surface area contributed by atoms with Crippen molar-refractivity contribution in [2.24, 2.45) is 4.99 Å². The first kappa shape index (κ1) is 6.90. The molecule has 0 aromatic carbocycles. The van der Waals surface area contributed by atoms with Gasteiger partial charge in [-0.25, -0.2) is 15.1 Å². The van der Waals surface area contributed by atoms with Crippen LogP contribution in [0.5, 0.6) is 0 Å². The number of carbonyl (C=O) groups is 1. The van der Waals surface area contributed by atoms with E-state index in [0.29, 0.717) is 12.2 Å². The van der Waals surface area contributed by atoms with Gasteiger partial charge >= 0.3 is 6.09 Å². The Labute approximate surface area is 68.7 Å². The first-order chi connectivity index (χ1) is 5.77. The van der Waals surface area contributed by atoms with Crippen LogP contribution in [0.15, 0.2) is 28.7 Å². The highest BCUT2D eigenvalue weighted by molar-refractivity contribution is 5.70. The van der Waals surface area contributed by atoms with E-state index >= 15 is 0 Å². The molecule has 2 heterocycles. The molecule has 0 aromatic rings. The van der Waals surface area contributed by atoms with Gasteiger partial charge in [0.1, 0.15) is 6.34 Å². The molecule has 0 saturated heterocycles. The molecule has 2 aliphatic heterocycles. The lowest BCUT2D eigenvalue weighted by Gasteiger charge is -2.17. The van der Waals surface area contributed by atoms with Gasteiger partial charge in [0.15, 0.2) is 0 Å². The van der Waals surface area contributed by atoms with Gasteiger partial charge in [0.2, 0.25) is 0 Å². The Bertz CT molecular complexity index is 317. The fourth-order valence-corrected chi connectivity index (χ4v) is 1.07. The second-order valence-corrected chi connectivity index (χ2v) is 2.43. The first-order valence-electron chi connectivity index (χ1n) is 3.41. The van der Waals surface area contributed by atoms with Crippen molar-refractivity contribution in [1.29, 1.82) is 0 Å². The molecule has 0 bridgehead atoms. The van der Waals surface area contributed by atoms with Crippen LogP contribution in [0, 0.1) is 0 Å². The van der Waals surface area contributed by atoms with E-state index in [-0.39, 0.29) is 0 Å². The highest BCUT2D eigenvalue weighted by atomic mass is 16.4. The smallest absolute Gasteiger partial charge is 0.411 e. The average molecular weight is 164 g/mol. The molecule has 0 aliphatic carbocycles. The normalized spacial score (nSPS) is 19.5. The molecule has 0 atom stereocenters. The van der Waals surface area contributed by atoms with Crippen molar-refractivity contribution >= 4 is 12.4 Å². The summed E-state index contributed by atoms with van der Waals surface area (Å²) in [4.78, 5) is 15.6. The summed E-state index contributed by atoms with van der Waals surface area (Å²) in [5.74, 6) is 0. The summed E-state index contributed by atoms with van der Waals surface area (Å²) in [5, 5.41) is 12.6. The number of rotatable bonds is 0. The fraction of sp³-hybridized carbons (Fsp3) is 0.143. The van der Waals surface area contributed by atoms with Gasteiger partial charge in [-0.2, -0.15) is 0 Å². The van der Waals surface area contributed by atoms with Crippen LogP contribution in [-0.4, -0.2) is 29.0 Å². The molecule has 2 rings (SSSR count). The van der Waals surface area contributed by atoms with Crippen LogP contribution in [-0.2, 0) is 0 Å². The van der Waals surface area contributed by atoms with Gasteiger partial charge < -0.3 is 5.11 Å². The minimum absolute atomic E-state index is 0.293. The number of hydrogen-bond acceptors (Lipinski definition) is 2. The van der Waals surface area contributed by atoms with Crippen LogP contribution in [0.25, 0.3) is 0 Å². The molecule has 5 nitrogen and oxygen atoms in total. The Morgan fingerprint density at radius 2 is 2.50 bits per heavy atom. The Hall–Kier alpha value is -1.78. The SMILES string of the molecule is O=C(O)N1C=CC2=C(C1)N=C[N]2. The molecule has 12 heavy (non-hydrogen) atoms. The number of aliphatic imine (C=N–C) groups is 1. The molecule has 0 saturated carbocycles. The van der Waals surface area contributed by atoms with Gasteiger partial charge in [-0.15, -0.1) is 0 Å². The molecule has 0 unspecified atom stereocenters. The van der Waals surface area contributed by atoms with E-state index in [4.69, 9.17) is 5.11 Å². The van der Waals surface area contributed by atoms with Crippen molar-refractivity contribution in [3.05, 3.63) is 23.7 Å². The number of hydrogen-bond donors (Lipinski definition) is 1. The van der Waals surface area contributed by atoms with Gasteiger partial charge in [0.25, 0.3) is 0 Å². The van der Waals surface area contributed by atoms with E-state index in [2.05, 4.69) is 10.3 Å². The summed E-state index contributed by atoms with van der Waals surface area (Å²) >= 11 is 0. The minimum atomic E-state index is -0.972. The Balaban J connectivity index is 2.20. The van der Waals surface area contributed by atoms with E-state index < -0.39 is 6.09 Å². The maximum Gasteiger partial charge on any atom is 0.411 e. The molecule has 1 N–H and O–H groups in total. The summed E-state index contributed by atoms with van der Waals surface area (Å²) in [6.07, 6.45) is 3.58. The van der Waals surface area contributed by atoms with Gasteiger partial charge in [0.05, 0.1) is 17.9 Å². The van der Waals surface area contributed by atoms with E-state index in [9.17, 15) is 4.79 Å². The third-order valence-corrected chi connectivity index (χ3v) is 1.68. The summed E-state index contributed by atoms with van der Waals surface area (Å²) in [6, 6.07) is 0. The molecule has 0 fully saturated rings. The third-order valence-electron chi connectivity index (χ3n) is 1.68. The topological polar surface area (TPSA) is 67.0 Å². The zero-order chi connectivity index (χ0) is 8.55. The molecule has 1 amide bonds. The van der Waals surface area contributed by atoms with Gasteiger partial charge in [-0.1, -0.05) is 0 Å². The van der Waals surface area contributed by atoms with Crippen LogP contribution in [0.2, 0.25) is 0 Å². The minimum Gasteiger partial charge on any atom is -0.465 e. The summed E-state index contributed by atoms with van der Waals surface area (Å²) in [5.41, 5.74) is 1.47. The Morgan fingerprint density at radius 3 is 3.25 bits per heavy atom. The molecule has 0 aromatic heterocycles. The summed E-state index contributed by atoms with van der Waals surface area (Å²) < 4.78 is 0. The van der Waals surface area contributed by atoms with Crippen LogP contribution in [0.3, 0.4) is 0 Å². The van der Waals surface area contributed by atoms with Crippen molar-refractivity contribution in [1.82, 2.24) is 10.2 Å². The maximum atomic E-state index is 10.5. The Kier molecular flexibility index (Phi) is 1.36. The lowest BCUT2D eigenvalue weighted by molar-refractivity contribution is 0.165. The van der Waals surface area contributed by atoms with E-state index in [1.165, 1.54) is 12.5 Å². The highest BCUT2D eigenvalue weighted by Crippen LogP contribution is 2.17. The van der Waals surface area contributed by atoms with Gasteiger partial charge in [-0.05, 0) is 6.08 Å². The number of carboxylic acid groups (broad SMARTS) is 1. The zero-order valence-electron chi connectivity index (χ0n) is 6.14.